The Morgan fingerprint density at radius 1 is 1.67 bits per heavy atom. The third kappa shape index (κ3) is 2.41. The molecule has 0 aromatic heterocycles. The molecule has 0 radical (unpaired) electrons. The van der Waals surface area contributed by atoms with Crippen LogP contribution in [0.5, 0.6) is 0 Å². The van der Waals surface area contributed by atoms with Crippen LogP contribution in [0.25, 0.3) is 0 Å². The molecule has 0 aliphatic carbocycles. The largest absolute Gasteiger partial charge is 1.00 e. The predicted molar refractivity (Wildman–Crippen MR) is 20.9 cm³/mol. The smallest absolute Gasteiger partial charge is 1.00 e. The SMILES string of the molecule is NC1(N)OS1.[H-].[Na+]. The molecule has 0 unspecified atom stereocenters. The third-order valence-corrected chi connectivity index (χ3v) is 0.827. The number of rotatable bonds is 0. The van der Waals surface area contributed by atoms with E-state index in [2.05, 4.69) is 4.18 Å². The van der Waals surface area contributed by atoms with Crippen LogP contribution in [0.15, 0.2) is 0 Å². The van der Waals surface area contributed by atoms with Gasteiger partial charge in [-0.3, -0.25) is 15.7 Å². The van der Waals surface area contributed by atoms with Gasteiger partial charge < -0.3 is 1.43 Å². The molecule has 1 aliphatic heterocycles. The fourth-order valence-electron chi connectivity index (χ4n) is 0.0481. The fourth-order valence-corrected chi connectivity index (χ4v) is 0.144. The second-order valence-electron chi connectivity index (χ2n) is 0.888. The number of nitrogens with two attached hydrogens (primary N) is 2. The van der Waals surface area contributed by atoms with E-state index < -0.39 is 5.18 Å². The maximum atomic E-state index is 4.98. The molecular weight excluding hydrogens is 111 g/mol. The summed E-state index contributed by atoms with van der Waals surface area (Å²) in [5.41, 5.74) is 9.97. The minimum Gasteiger partial charge on any atom is -1.00 e. The van der Waals surface area contributed by atoms with Crippen LogP contribution in [-0.2, 0) is 4.18 Å². The van der Waals surface area contributed by atoms with Gasteiger partial charge in [0.2, 0.25) is 0 Å². The van der Waals surface area contributed by atoms with Gasteiger partial charge in [0.05, 0.1) is 12.0 Å². The Morgan fingerprint density at radius 2 is 1.83 bits per heavy atom. The summed E-state index contributed by atoms with van der Waals surface area (Å²) in [7, 11) is 0. The van der Waals surface area contributed by atoms with Gasteiger partial charge in [-0.25, -0.2) is 0 Å². The number of hydrogen-bond donors (Lipinski definition) is 2. The topological polar surface area (TPSA) is 64.6 Å². The first-order chi connectivity index (χ1) is 2.21. The normalized spacial score (nSPS) is 25.0. The molecule has 6 heavy (non-hydrogen) atoms. The van der Waals surface area contributed by atoms with Crippen molar-refractivity contribution in [3.63, 3.8) is 0 Å². The van der Waals surface area contributed by atoms with Crippen LogP contribution in [0.4, 0.5) is 0 Å². The molecule has 5 heteroatoms. The Hall–Kier alpha value is 1.23. The molecule has 0 amide bonds. The molecule has 1 aliphatic rings. The zero-order valence-corrected chi connectivity index (χ0v) is 6.29. The van der Waals surface area contributed by atoms with E-state index in [1.807, 2.05) is 0 Å². The number of hydrogen-bond acceptors (Lipinski definition) is 4. The monoisotopic (exact) mass is 116 g/mol. The van der Waals surface area contributed by atoms with Crippen LogP contribution in [0.3, 0.4) is 0 Å². The summed E-state index contributed by atoms with van der Waals surface area (Å²) < 4.78 is 4.37. The van der Waals surface area contributed by atoms with Crippen LogP contribution < -0.4 is 41.0 Å². The van der Waals surface area contributed by atoms with Gasteiger partial charge in [-0.2, -0.15) is 0 Å². The van der Waals surface area contributed by atoms with Gasteiger partial charge in [0.1, 0.15) is 0 Å². The summed E-state index contributed by atoms with van der Waals surface area (Å²) in [5.74, 6) is 0. The summed E-state index contributed by atoms with van der Waals surface area (Å²) in [4.78, 5) is 0. The van der Waals surface area contributed by atoms with Gasteiger partial charge in [-0.15, -0.1) is 0 Å². The summed E-state index contributed by atoms with van der Waals surface area (Å²) in [6.07, 6.45) is 0. The molecule has 0 bridgehead atoms. The second-order valence-corrected chi connectivity index (χ2v) is 1.86. The zero-order valence-electron chi connectivity index (χ0n) is 4.47. The van der Waals surface area contributed by atoms with E-state index >= 15 is 0 Å². The Morgan fingerprint density at radius 3 is 1.83 bits per heavy atom. The van der Waals surface area contributed by atoms with E-state index in [-0.39, 0.29) is 31.0 Å². The maximum absolute atomic E-state index is 4.98. The van der Waals surface area contributed by atoms with Crippen molar-refractivity contribution in [2.75, 3.05) is 0 Å². The Balaban J connectivity index is 0. The van der Waals surface area contributed by atoms with Crippen LogP contribution in [0, 0.1) is 0 Å². The molecule has 1 saturated heterocycles. The molecule has 0 atom stereocenters. The van der Waals surface area contributed by atoms with Gasteiger partial charge in [0, 0.05) is 0 Å². The molecular formula is CH5N2NaOS. The molecule has 4 N–H and O–H groups in total. The van der Waals surface area contributed by atoms with Crippen molar-refractivity contribution in [1.29, 1.82) is 0 Å². The minimum atomic E-state index is -0.833. The Labute approximate surface area is 63.8 Å². The van der Waals surface area contributed by atoms with Crippen LogP contribution >= 0.6 is 12.0 Å². The van der Waals surface area contributed by atoms with Gasteiger partial charge in [0.15, 0.2) is 0 Å². The predicted octanol–water partition coefficient (Wildman–Crippen LogP) is -3.69. The van der Waals surface area contributed by atoms with Crippen LogP contribution in [-0.4, -0.2) is 5.18 Å². The first-order valence-electron chi connectivity index (χ1n) is 1.15. The van der Waals surface area contributed by atoms with Gasteiger partial charge >= 0.3 is 29.6 Å². The van der Waals surface area contributed by atoms with Crippen LogP contribution in [0.1, 0.15) is 1.43 Å². The molecule has 32 valence electrons. The summed E-state index contributed by atoms with van der Waals surface area (Å²) in [6.45, 7) is 0. The summed E-state index contributed by atoms with van der Waals surface area (Å²) >= 11 is 1.08. The standard InChI is InChI=1S/CH4N2OS.Na.H/c2-1(3)4-5-1;;/h2-3H2;;/q;+1;-1. The molecule has 1 fully saturated rings. The quantitative estimate of drug-likeness (QED) is 0.148. The first-order valence-corrected chi connectivity index (χ1v) is 1.89. The summed E-state index contributed by atoms with van der Waals surface area (Å²) in [5, 5.41) is -0.833. The van der Waals surface area contributed by atoms with Crippen molar-refractivity contribution in [3.05, 3.63) is 0 Å². The van der Waals surface area contributed by atoms with Crippen molar-refractivity contribution in [1.82, 2.24) is 0 Å². The van der Waals surface area contributed by atoms with Crippen molar-refractivity contribution in [3.8, 4) is 0 Å². The van der Waals surface area contributed by atoms with E-state index in [9.17, 15) is 0 Å². The molecule has 1 rings (SSSR count). The minimum absolute atomic E-state index is 0. The van der Waals surface area contributed by atoms with Crippen molar-refractivity contribution >= 4 is 12.0 Å². The van der Waals surface area contributed by atoms with E-state index in [4.69, 9.17) is 11.5 Å². The summed E-state index contributed by atoms with van der Waals surface area (Å²) in [6, 6.07) is 0. The molecule has 1 heterocycles. The van der Waals surface area contributed by atoms with Gasteiger partial charge in [0.25, 0.3) is 5.18 Å². The molecule has 3 nitrogen and oxygen atoms in total. The van der Waals surface area contributed by atoms with E-state index in [1.165, 1.54) is 0 Å². The van der Waals surface area contributed by atoms with E-state index in [1.54, 1.807) is 0 Å². The first kappa shape index (κ1) is 7.23. The molecule has 0 aromatic carbocycles. The zero-order chi connectivity index (χ0) is 3.91. The van der Waals surface area contributed by atoms with Crippen molar-refractivity contribution in [2.45, 2.75) is 5.18 Å². The molecule has 0 aromatic rings. The van der Waals surface area contributed by atoms with Gasteiger partial charge in [-0.1, -0.05) is 0 Å². The third-order valence-electron chi connectivity index (χ3n) is 0.276. The second kappa shape index (κ2) is 2.00. The fraction of sp³-hybridized carbons (Fsp3) is 1.00. The van der Waals surface area contributed by atoms with Crippen molar-refractivity contribution < 1.29 is 35.2 Å². The average molecular weight is 116 g/mol. The van der Waals surface area contributed by atoms with E-state index in [0.29, 0.717) is 0 Å². The van der Waals surface area contributed by atoms with Crippen molar-refractivity contribution in [2.24, 2.45) is 11.5 Å². The maximum Gasteiger partial charge on any atom is 1.00 e. The van der Waals surface area contributed by atoms with E-state index in [0.717, 1.165) is 12.0 Å². The van der Waals surface area contributed by atoms with Crippen LogP contribution in [0.2, 0.25) is 0 Å². The average Bonchev–Trinajstić information content (AvgIpc) is 1.76. The Kier molecular flexibility index (Phi) is 2.41. The Bertz CT molecular complexity index is 55.7. The van der Waals surface area contributed by atoms with Gasteiger partial charge in [-0.05, 0) is 0 Å². The molecule has 0 saturated carbocycles. The molecule has 0 spiro atoms.